The molecule has 1 aromatic carbocycles. The quantitative estimate of drug-likeness (QED) is 0.794. The first-order chi connectivity index (χ1) is 9.88. The summed E-state index contributed by atoms with van der Waals surface area (Å²) in [5.74, 6) is -7.17. The SMILES string of the molecule is CCC(CC)N(CCO)C(=O)c1cc(F)c(F)c(O)c1F. The predicted octanol–water partition coefficient (Wildman–Crippen LogP) is 2.43. The van der Waals surface area contributed by atoms with Crippen LogP contribution in [0.4, 0.5) is 13.2 Å². The zero-order valence-electron chi connectivity index (χ0n) is 11.9. The molecule has 0 heterocycles. The normalized spacial score (nSPS) is 11.0. The third-order valence-electron chi connectivity index (χ3n) is 3.35. The molecule has 0 bridgehead atoms. The van der Waals surface area contributed by atoms with E-state index < -0.39 is 34.7 Å². The molecular formula is C14H18F3NO3. The van der Waals surface area contributed by atoms with Crippen molar-refractivity contribution in [3.8, 4) is 5.75 Å². The number of amides is 1. The van der Waals surface area contributed by atoms with E-state index in [1.165, 1.54) is 4.90 Å². The van der Waals surface area contributed by atoms with Crippen molar-refractivity contribution in [3.05, 3.63) is 29.1 Å². The van der Waals surface area contributed by atoms with Crippen LogP contribution in [0, 0.1) is 17.5 Å². The zero-order chi connectivity index (χ0) is 16.2. The Kier molecular flexibility index (Phi) is 6.02. The monoisotopic (exact) mass is 305 g/mol. The molecule has 21 heavy (non-hydrogen) atoms. The summed E-state index contributed by atoms with van der Waals surface area (Å²) in [4.78, 5) is 13.5. The van der Waals surface area contributed by atoms with E-state index in [4.69, 9.17) is 5.11 Å². The summed E-state index contributed by atoms with van der Waals surface area (Å²) in [6, 6.07) is 0.138. The third-order valence-corrected chi connectivity index (χ3v) is 3.35. The van der Waals surface area contributed by atoms with Gasteiger partial charge in [-0.2, -0.15) is 4.39 Å². The number of benzene rings is 1. The summed E-state index contributed by atoms with van der Waals surface area (Å²) in [7, 11) is 0. The molecule has 0 radical (unpaired) electrons. The van der Waals surface area contributed by atoms with E-state index >= 15 is 0 Å². The number of nitrogens with zero attached hydrogens (tertiary/aromatic N) is 1. The van der Waals surface area contributed by atoms with Gasteiger partial charge in [0, 0.05) is 12.6 Å². The topological polar surface area (TPSA) is 60.8 Å². The minimum absolute atomic E-state index is 0.0651. The van der Waals surface area contributed by atoms with Gasteiger partial charge in [0.05, 0.1) is 12.2 Å². The zero-order valence-corrected chi connectivity index (χ0v) is 11.9. The lowest BCUT2D eigenvalue weighted by molar-refractivity contribution is 0.0615. The number of phenolic OH excluding ortho intramolecular Hbond substituents is 1. The van der Waals surface area contributed by atoms with Gasteiger partial charge in [0.15, 0.2) is 17.4 Å². The van der Waals surface area contributed by atoms with Gasteiger partial charge in [-0.15, -0.1) is 0 Å². The lowest BCUT2D eigenvalue weighted by Gasteiger charge is -2.30. The minimum atomic E-state index is -1.74. The second-order valence-corrected chi connectivity index (χ2v) is 4.57. The highest BCUT2D eigenvalue weighted by Gasteiger charge is 2.28. The first-order valence-electron chi connectivity index (χ1n) is 6.67. The Hall–Kier alpha value is -1.76. The molecule has 118 valence electrons. The fourth-order valence-electron chi connectivity index (χ4n) is 2.19. The lowest BCUT2D eigenvalue weighted by atomic mass is 10.1. The van der Waals surface area contributed by atoms with Gasteiger partial charge in [0.2, 0.25) is 5.82 Å². The van der Waals surface area contributed by atoms with Gasteiger partial charge in [-0.05, 0) is 18.9 Å². The van der Waals surface area contributed by atoms with Crippen molar-refractivity contribution in [2.75, 3.05) is 13.2 Å². The average Bonchev–Trinajstić information content (AvgIpc) is 2.48. The van der Waals surface area contributed by atoms with Gasteiger partial charge in [-0.25, -0.2) is 8.78 Å². The Labute approximate surface area is 120 Å². The summed E-state index contributed by atoms with van der Waals surface area (Å²) >= 11 is 0. The van der Waals surface area contributed by atoms with Gasteiger partial charge >= 0.3 is 0 Å². The van der Waals surface area contributed by atoms with Crippen LogP contribution in [0.15, 0.2) is 6.07 Å². The number of carbonyl (C=O) groups excluding carboxylic acids is 1. The van der Waals surface area contributed by atoms with Crippen LogP contribution >= 0.6 is 0 Å². The van der Waals surface area contributed by atoms with E-state index in [0.29, 0.717) is 18.9 Å². The Bertz CT molecular complexity index is 519. The van der Waals surface area contributed by atoms with Crippen molar-refractivity contribution in [2.45, 2.75) is 32.7 Å². The van der Waals surface area contributed by atoms with Crippen molar-refractivity contribution in [1.82, 2.24) is 4.90 Å². The van der Waals surface area contributed by atoms with E-state index in [1.807, 2.05) is 13.8 Å². The number of carbonyl (C=O) groups is 1. The molecule has 0 saturated carbocycles. The number of aliphatic hydroxyl groups excluding tert-OH is 1. The van der Waals surface area contributed by atoms with Crippen LogP contribution in [0.2, 0.25) is 0 Å². The summed E-state index contributed by atoms with van der Waals surface area (Å²) in [5.41, 5.74) is -0.758. The minimum Gasteiger partial charge on any atom is -0.503 e. The van der Waals surface area contributed by atoms with Crippen LogP contribution < -0.4 is 0 Å². The van der Waals surface area contributed by atoms with E-state index in [0.717, 1.165) is 0 Å². The van der Waals surface area contributed by atoms with E-state index in [9.17, 15) is 23.1 Å². The molecule has 0 unspecified atom stereocenters. The summed E-state index contributed by atoms with van der Waals surface area (Å²) in [6.45, 7) is 3.21. The van der Waals surface area contributed by atoms with E-state index in [1.54, 1.807) is 0 Å². The number of aromatic hydroxyl groups is 1. The molecule has 0 saturated heterocycles. The Morgan fingerprint density at radius 3 is 2.29 bits per heavy atom. The van der Waals surface area contributed by atoms with Crippen LogP contribution in [0.25, 0.3) is 0 Å². The second-order valence-electron chi connectivity index (χ2n) is 4.57. The van der Waals surface area contributed by atoms with Gasteiger partial charge in [-0.3, -0.25) is 4.79 Å². The highest BCUT2D eigenvalue weighted by atomic mass is 19.2. The molecule has 0 aromatic heterocycles. The van der Waals surface area contributed by atoms with Crippen LogP contribution in [-0.4, -0.2) is 40.2 Å². The highest BCUT2D eigenvalue weighted by molar-refractivity contribution is 5.95. The van der Waals surface area contributed by atoms with Gasteiger partial charge < -0.3 is 15.1 Å². The maximum Gasteiger partial charge on any atom is 0.257 e. The molecule has 1 aromatic rings. The number of aliphatic hydroxyl groups is 1. The number of rotatable bonds is 6. The predicted molar refractivity (Wildman–Crippen MR) is 70.5 cm³/mol. The first-order valence-corrected chi connectivity index (χ1v) is 6.67. The van der Waals surface area contributed by atoms with Crippen LogP contribution in [-0.2, 0) is 0 Å². The third kappa shape index (κ3) is 3.47. The Morgan fingerprint density at radius 2 is 1.81 bits per heavy atom. The first kappa shape index (κ1) is 17.3. The number of hydrogen-bond donors (Lipinski definition) is 2. The second kappa shape index (κ2) is 7.31. The molecule has 4 nitrogen and oxygen atoms in total. The average molecular weight is 305 g/mol. The van der Waals surface area contributed by atoms with Crippen LogP contribution in [0.3, 0.4) is 0 Å². The smallest absolute Gasteiger partial charge is 0.257 e. The van der Waals surface area contributed by atoms with Crippen molar-refractivity contribution >= 4 is 5.91 Å². The number of halogens is 3. The van der Waals surface area contributed by atoms with Gasteiger partial charge in [-0.1, -0.05) is 13.8 Å². The van der Waals surface area contributed by atoms with Crippen molar-refractivity contribution in [3.63, 3.8) is 0 Å². The Morgan fingerprint density at radius 1 is 1.24 bits per heavy atom. The van der Waals surface area contributed by atoms with Crippen molar-refractivity contribution in [1.29, 1.82) is 0 Å². The largest absolute Gasteiger partial charge is 0.503 e. The molecule has 0 fully saturated rings. The fourth-order valence-corrected chi connectivity index (χ4v) is 2.19. The number of phenols is 1. The molecule has 2 N–H and O–H groups in total. The number of hydrogen-bond acceptors (Lipinski definition) is 3. The van der Waals surface area contributed by atoms with E-state index in [-0.39, 0.29) is 19.2 Å². The Balaban J connectivity index is 3.27. The molecule has 1 rings (SSSR count). The molecular weight excluding hydrogens is 287 g/mol. The van der Waals surface area contributed by atoms with Gasteiger partial charge in [0.1, 0.15) is 0 Å². The molecule has 7 heteroatoms. The van der Waals surface area contributed by atoms with Crippen LogP contribution in [0.1, 0.15) is 37.0 Å². The van der Waals surface area contributed by atoms with Gasteiger partial charge in [0.25, 0.3) is 5.91 Å². The van der Waals surface area contributed by atoms with Crippen molar-refractivity contribution in [2.24, 2.45) is 0 Å². The maximum absolute atomic E-state index is 13.8. The standard InChI is InChI=1S/C14H18F3NO3/c1-3-8(4-2)18(5-6-19)14(21)9-7-10(15)12(17)13(20)11(9)16/h7-8,19-20H,3-6H2,1-2H3. The molecule has 1 amide bonds. The molecule has 0 aliphatic rings. The fraction of sp³-hybridized carbons (Fsp3) is 0.500. The lowest BCUT2D eigenvalue weighted by Crippen LogP contribution is -2.42. The summed E-state index contributed by atoms with van der Waals surface area (Å²) in [5, 5.41) is 18.2. The molecule has 0 aliphatic carbocycles. The molecule has 0 aliphatic heterocycles. The summed E-state index contributed by atoms with van der Waals surface area (Å²) in [6.07, 6.45) is 1.11. The van der Waals surface area contributed by atoms with E-state index in [2.05, 4.69) is 0 Å². The molecule has 0 atom stereocenters. The highest BCUT2D eigenvalue weighted by Crippen LogP contribution is 2.27. The summed E-state index contributed by atoms with van der Waals surface area (Å²) < 4.78 is 40.1. The molecule has 0 spiro atoms. The maximum atomic E-state index is 13.8. The van der Waals surface area contributed by atoms with Crippen molar-refractivity contribution < 1.29 is 28.2 Å². The van der Waals surface area contributed by atoms with Crippen LogP contribution in [0.5, 0.6) is 5.75 Å².